The smallest absolute Gasteiger partial charge is 0.270 e. The fourth-order valence-electron chi connectivity index (χ4n) is 2.25. The minimum absolute atomic E-state index is 0.0311. The number of halogens is 3. The summed E-state index contributed by atoms with van der Waals surface area (Å²) in [5, 5.41) is 3.28. The number of carbonyl (C=O) groups excluding carboxylic acids is 2. The van der Waals surface area contributed by atoms with Crippen molar-refractivity contribution in [1.29, 1.82) is 0 Å². The number of carbonyl (C=O) groups is 2. The summed E-state index contributed by atoms with van der Waals surface area (Å²) in [6, 6.07) is 11.9. The van der Waals surface area contributed by atoms with Crippen LogP contribution in [0.3, 0.4) is 0 Å². The molecule has 1 fully saturated rings. The van der Waals surface area contributed by atoms with Crippen molar-refractivity contribution in [3.05, 3.63) is 68.1 Å². The van der Waals surface area contributed by atoms with Crippen LogP contribution in [-0.4, -0.2) is 16.9 Å². The van der Waals surface area contributed by atoms with Gasteiger partial charge in [-0.25, -0.2) is 0 Å². The number of benzene rings is 2. The van der Waals surface area contributed by atoms with Gasteiger partial charge in [0.1, 0.15) is 5.57 Å². The molecular weight excluding hydrogens is 447 g/mol. The van der Waals surface area contributed by atoms with Gasteiger partial charge in [-0.05, 0) is 60.3 Å². The van der Waals surface area contributed by atoms with Crippen molar-refractivity contribution < 1.29 is 9.59 Å². The van der Waals surface area contributed by atoms with Crippen molar-refractivity contribution in [3.63, 3.8) is 0 Å². The van der Waals surface area contributed by atoms with E-state index in [2.05, 4.69) is 21.2 Å². The normalized spacial score (nSPS) is 16.4. The highest BCUT2D eigenvalue weighted by atomic mass is 79.9. The molecule has 25 heavy (non-hydrogen) atoms. The first-order chi connectivity index (χ1) is 11.9. The number of nitrogens with zero attached hydrogens (tertiary/aromatic N) is 1. The number of rotatable bonds is 2. The van der Waals surface area contributed by atoms with E-state index in [0.29, 0.717) is 21.3 Å². The van der Waals surface area contributed by atoms with Crippen LogP contribution in [-0.2, 0) is 9.59 Å². The topological polar surface area (TPSA) is 49.4 Å². The molecule has 0 spiro atoms. The standard InChI is InChI=1S/C17H9BrCl2N2O2S/c18-10-2-4-11(5-3-10)22-16(24)12(15(23)21-17(22)25)7-9-1-6-13(19)14(20)8-9/h1-8H,(H,21,23,25)/b12-7+. The van der Waals surface area contributed by atoms with Gasteiger partial charge in [-0.1, -0.05) is 45.2 Å². The van der Waals surface area contributed by atoms with Crippen LogP contribution in [0.15, 0.2) is 52.5 Å². The summed E-state index contributed by atoms with van der Waals surface area (Å²) in [4.78, 5) is 26.3. The van der Waals surface area contributed by atoms with Crippen LogP contribution < -0.4 is 10.2 Å². The van der Waals surface area contributed by atoms with Gasteiger partial charge in [0.25, 0.3) is 11.8 Å². The Morgan fingerprint density at radius 1 is 1.04 bits per heavy atom. The summed E-state index contributed by atoms with van der Waals surface area (Å²) in [6.45, 7) is 0. The number of anilines is 1. The van der Waals surface area contributed by atoms with E-state index in [1.807, 2.05) is 0 Å². The summed E-state index contributed by atoms with van der Waals surface area (Å²) in [5.74, 6) is -1.07. The third kappa shape index (κ3) is 3.77. The van der Waals surface area contributed by atoms with Gasteiger partial charge < -0.3 is 0 Å². The molecule has 1 N–H and O–H groups in total. The van der Waals surface area contributed by atoms with E-state index in [0.717, 1.165) is 4.47 Å². The van der Waals surface area contributed by atoms with Crippen molar-refractivity contribution >= 4 is 80.0 Å². The van der Waals surface area contributed by atoms with E-state index in [9.17, 15) is 9.59 Å². The first kappa shape index (κ1) is 18.1. The van der Waals surface area contributed by atoms with E-state index in [1.54, 1.807) is 42.5 Å². The van der Waals surface area contributed by atoms with Crippen LogP contribution in [0.5, 0.6) is 0 Å². The molecule has 4 nitrogen and oxygen atoms in total. The lowest BCUT2D eigenvalue weighted by Gasteiger charge is -2.29. The molecule has 2 aromatic rings. The molecule has 0 aliphatic carbocycles. The minimum Gasteiger partial charge on any atom is -0.298 e. The van der Waals surface area contributed by atoms with E-state index in [-0.39, 0.29) is 10.7 Å². The van der Waals surface area contributed by atoms with Gasteiger partial charge in [-0.15, -0.1) is 0 Å². The monoisotopic (exact) mass is 454 g/mol. The Morgan fingerprint density at radius 3 is 2.36 bits per heavy atom. The maximum atomic E-state index is 12.8. The Kier molecular flexibility index (Phi) is 5.24. The predicted molar refractivity (Wildman–Crippen MR) is 107 cm³/mol. The molecule has 2 aromatic carbocycles. The minimum atomic E-state index is -0.561. The molecule has 1 heterocycles. The number of thiocarbonyl (C=S) groups is 1. The highest BCUT2D eigenvalue weighted by Crippen LogP contribution is 2.26. The number of amides is 2. The lowest BCUT2D eigenvalue weighted by Crippen LogP contribution is -2.54. The predicted octanol–water partition coefficient (Wildman–Crippen LogP) is 4.59. The van der Waals surface area contributed by atoms with Crippen LogP contribution in [0.25, 0.3) is 6.08 Å². The lowest BCUT2D eigenvalue weighted by molar-refractivity contribution is -0.122. The summed E-state index contributed by atoms with van der Waals surface area (Å²) in [5.41, 5.74) is 1.09. The van der Waals surface area contributed by atoms with Crippen molar-refractivity contribution in [2.24, 2.45) is 0 Å². The molecule has 1 aliphatic rings. The van der Waals surface area contributed by atoms with Crippen molar-refractivity contribution in [2.75, 3.05) is 4.90 Å². The zero-order chi connectivity index (χ0) is 18.1. The Labute approximate surface area is 167 Å². The van der Waals surface area contributed by atoms with E-state index in [4.69, 9.17) is 35.4 Å². The average Bonchev–Trinajstić information content (AvgIpc) is 2.56. The first-order valence-electron chi connectivity index (χ1n) is 6.99. The molecular formula is C17H9BrCl2N2O2S. The summed E-state index contributed by atoms with van der Waals surface area (Å²) >= 11 is 20.4. The van der Waals surface area contributed by atoms with Crippen LogP contribution in [0.1, 0.15) is 5.56 Å². The van der Waals surface area contributed by atoms with E-state index in [1.165, 1.54) is 11.0 Å². The van der Waals surface area contributed by atoms with Gasteiger partial charge in [0.05, 0.1) is 15.7 Å². The van der Waals surface area contributed by atoms with Gasteiger partial charge in [-0.3, -0.25) is 19.8 Å². The molecule has 2 amide bonds. The SMILES string of the molecule is O=C1NC(=S)N(c2ccc(Br)cc2)C(=O)/C1=C/c1ccc(Cl)c(Cl)c1. The highest BCUT2D eigenvalue weighted by molar-refractivity contribution is 9.10. The zero-order valence-corrected chi connectivity index (χ0v) is 16.3. The molecule has 3 rings (SSSR count). The van der Waals surface area contributed by atoms with Gasteiger partial charge in [-0.2, -0.15) is 0 Å². The summed E-state index contributed by atoms with van der Waals surface area (Å²) < 4.78 is 0.863. The van der Waals surface area contributed by atoms with Gasteiger partial charge in [0.2, 0.25) is 0 Å². The Balaban J connectivity index is 2.01. The molecule has 0 unspecified atom stereocenters. The maximum Gasteiger partial charge on any atom is 0.270 e. The fourth-order valence-corrected chi connectivity index (χ4v) is 3.10. The highest BCUT2D eigenvalue weighted by Gasteiger charge is 2.34. The summed E-state index contributed by atoms with van der Waals surface area (Å²) in [6.07, 6.45) is 1.45. The van der Waals surface area contributed by atoms with E-state index < -0.39 is 11.8 Å². The Bertz CT molecular complexity index is 929. The fraction of sp³-hybridized carbons (Fsp3) is 0. The van der Waals surface area contributed by atoms with E-state index >= 15 is 0 Å². The van der Waals surface area contributed by atoms with Crippen molar-refractivity contribution in [1.82, 2.24) is 5.32 Å². The maximum absolute atomic E-state index is 12.8. The third-order valence-corrected chi connectivity index (χ3v) is 4.99. The molecule has 126 valence electrons. The lowest BCUT2D eigenvalue weighted by atomic mass is 10.1. The molecule has 1 saturated heterocycles. The van der Waals surface area contributed by atoms with Crippen LogP contribution in [0.4, 0.5) is 5.69 Å². The molecule has 8 heteroatoms. The largest absolute Gasteiger partial charge is 0.298 e. The van der Waals surface area contributed by atoms with Crippen LogP contribution in [0.2, 0.25) is 10.0 Å². The molecule has 1 aliphatic heterocycles. The first-order valence-corrected chi connectivity index (χ1v) is 8.94. The molecule has 0 atom stereocenters. The number of hydrogen-bond donors (Lipinski definition) is 1. The second-order valence-electron chi connectivity index (χ2n) is 5.11. The van der Waals surface area contributed by atoms with Crippen LogP contribution >= 0.6 is 51.3 Å². The third-order valence-electron chi connectivity index (χ3n) is 3.44. The molecule has 0 saturated carbocycles. The quantitative estimate of drug-likeness (QED) is 0.409. The van der Waals surface area contributed by atoms with Crippen molar-refractivity contribution in [2.45, 2.75) is 0 Å². The number of hydrogen-bond acceptors (Lipinski definition) is 3. The molecule has 0 radical (unpaired) electrons. The second kappa shape index (κ2) is 7.25. The van der Waals surface area contributed by atoms with Crippen molar-refractivity contribution in [3.8, 4) is 0 Å². The van der Waals surface area contributed by atoms with Crippen LogP contribution in [0, 0.1) is 0 Å². The van der Waals surface area contributed by atoms with Gasteiger partial charge in [0.15, 0.2) is 5.11 Å². The number of nitrogens with one attached hydrogen (secondary N) is 1. The van der Waals surface area contributed by atoms with Gasteiger partial charge >= 0.3 is 0 Å². The second-order valence-corrected chi connectivity index (χ2v) is 7.22. The average molecular weight is 456 g/mol. The molecule has 0 bridgehead atoms. The Hall–Kier alpha value is -1.73. The van der Waals surface area contributed by atoms with Gasteiger partial charge in [0, 0.05) is 4.47 Å². The molecule has 0 aromatic heterocycles. The Morgan fingerprint density at radius 2 is 1.72 bits per heavy atom. The summed E-state index contributed by atoms with van der Waals surface area (Å²) in [7, 11) is 0. The zero-order valence-electron chi connectivity index (χ0n) is 12.4.